The summed E-state index contributed by atoms with van der Waals surface area (Å²) in [5.74, 6) is 1.71. The monoisotopic (exact) mass is 368 g/mol. The second-order valence-electron chi connectivity index (χ2n) is 6.79. The maximum atomic E-state index is 4.96. The molecule has 0 bridgehead atoms. The molecule has 4 aromatic rings. The molecule has 0 N–H and O–H groups in total. The number of benzene rings is 2. The quantitative estimate of drug-likeness (QED) is 0.552. The van der Waals surface area contributed by atoms with E-state index in [4.69, 9.17) is 9.97 Å². The summed E-state index contributed by atoms with van der Waals surface area (Å²) in [6.07, 6.45) is 5.25. The molecular weight excluding hydrogens is 348 g/mol. The molecule has 0 aliphatic carbocycles. The van der Waals surface area contributed by atoms with Gasteiger partial charge in [-0.25, -0.2) is 15.0 Å². The summed E-state index contributed by atoms with van der Waals surface area (Å²) in [7, 11) is 0. The Labute approximate surface area is 163 Å². The van der Waals surface area contributed by atoms with Crippen LogP contribution in [0.25, 0.3) is 22.2 Å². The smallest absolute Gasteiger partial charge is 0.226 e. The summed E-state index contributed by atoms with van der Waals surface area (Å²) in [5, 5.41) is 1.08. The van der Waals surface area contributed by atoms with Gasteiger partial charge in [-0.3, -0.25) is 4.98 Å². The molecule has 0 spiro atoms. The van der Waals surface area contributed by atoms with E-state index in [1.54, 1.807) is 12.4 Å². The molecule has 0 unspecified atom stereocenters. The topological polar surface area (TPSA) is 58.0 Å². The fourth-order valence-electron chi connectivity index (χ4n) is 3.61. The zero-order valence-corrected chi connectivity index (χ0v) is 15.4. The lowest BCUT2D eigenvalue weighted by molar-refractivity contribution is 0.635. The zero-order chi connectivity index (χ0) is 18.8. The number of aromatic nitrogens is 4. The first kappa shape index (κ1) is 16.6. The van der Waals surface area contributed by atoms with Gasteiger partial charge in [0.2, 0.25) is 5.95 Å². The van der Waals surface area contributed by atoms with Gasteiger partial charge in [0.25, 0.3) is 0 Å². The van der Waals surface area contributed by atoms with Crippen molar-refractivity contribution in [2.24, 2.45) is 0 Å². The van der Waals surface area contributed by atoms with E-state index >= 15 is 0 Å². The van der Waals surface area contributed by atoms with Crippen LogP contribution in [0.1, 0.15) is 0 Å². The summed E-state index contributed by atoms with van der Waals surface area (Å²) in [6.45, 7) is 3.44. The van der Waals surface area contributed by atoms with Crippen LogP contribution in [0.5, 0.6) is 0 Å². The highest BCUT2D eigenvalue weighted by atomic mass is 15.3. The normalized spacial score (nSPS) is 14.4. The van der Waals surface area contributed by atoms with Crippen molar-refractivity contribution in [3.05, 3.63) is 73.2 Å². The van der Waals surface area contributed by atoms with Crippen molar-refractivity contribution in [2.75, 3.05) is 36.0 Å². The zero-order valence-electron chi connectivity index (χ0n) is 15.4. The van der Waals surface area contributed by atoms with Crippen LogP contribution in [0.3, 0.4) is 0 Å². The predicted octanol–water partition coefficient (Wildman–Crippen LogP) is 3.41. The molecule has 1 fully saturated rings. The highest BCUT2D eigenvalue weighted by Crippen LogP contribution is 2.28. The van der Waals surface area contributed by atoms with Crippen molar-refractivity contribution in [2.45, 2.75) is 0 Å². The van der Waals surface area contributed by atoms with Gasteiger partial charge in [-0.05, 0) is 6.07 Å². The first-order valence-corrected chi connectivity index (χ1v) is 9.46. The van der Waals surface area contributed by atoms with Crippen LogP contribution in [-0.4, -0.2) is 46.1 Å². The largest absolute Gasteiger partial charge is 0.352 e. The van der Waals surface area contributed by atoms with Gasteiger partial charge in [0.05, 0.1) is 17.4 Å². The minimum Gasteiger partial charge on any atom is -0.352 e. The number of anilines is 2. The first-order valence-electron chi connectivity index (χ1n) is 9.46. The number of para-hydroxylation sites is 1. The van der Waals surface area contributed by atoms with Gasteiger partial charge in [0.1, 0.15) is 5.82 Å². The van der Waals surface area contributed by atoms with E-state index in [9.17, 15) is 0 Å². The minimum absolute atomic E-state index is 0.788. The van der Waals surface area contributed by atoms with Crippen molar-refractivity contribution >= 4 is 22.7 Å². The van der Waals surface area contributed by atoms with Gasteiger partial charge in [0, 0.05) is 49.5 Å². The molecule has 1 aliphatic rings. The number of piperazine rings is 1. The minimum atomic E-state index is 0.788. The van der Waals surface area contributed by atoms with Crippen LogP contribution in [0, 0.1) is 0 Å². The SMILES string of the molecule is c1ccc(-c2nc(N3CCN(c4cnccn4)CC3)nc3ccccc23)cc1. The lowest BCUT2D eigenvalue weighted by Crippen LogP contribution is -2.47. The van der Waals surface area contributed by atoms with Gasteiger partial charge >= 0.3 is 0 Å². The molecule has 1 saturated heterocycles. The van der Waals surface area contributed by atoms with E-state index in [0.717, 1.165) is 60.1 Å². The maximum absolute atomic E-state index is 4.96. The van der Waals surface area contributed by atoms with Crippen molar-refractivity contribution in [3.63, 3.8) is 0 Å². The Morgan fingerprint density at radius 3 is 2.25 bits per heavy atom. The second kappa shape index (κ2) is 7.23. The van der Waals surface area contributed by atoms with Crippen molar-refractivity contribution in [1.82, 2.24) is 19.9 Å². The Balaban J connectivity index is 1.47. The fraction of sp³-hybridized carbons (Fsp3) is 0.182. The average molecular weight is 368 g/mol. The van der Waals surface area contributed by atoms with Crippen molar-refractivity contribution in [3.8, 4) is 11.3 Å². The molecule has 2 aromatic heterocycles. The molecule has 0 atom stereocenters. The Morgan fingerprint density at radius 2 is 1.46 bits per heavy atom. The number of nitrogens with zero attached hydrogens (tertiary/aromatic N) is 6. The maximum Gasteiger partial charge on any atom is 0.226 e. The number of hydrogen-bond acceptors (Lipinski definition) is 6. The molecule has 6 heteroatoms. The van der Waals surface area contributed by atoms with Gasteiger partial charge < -0.3 is 9.80 Å². The van der Waals surface area contributed by atoms with Crippen LogP contribution in [-0.2, 0) is 0 Å². The van der Waals surface area contributed by atoms with Crippen molar-refractivity contribution in [1.29, 1.82) is 0 Å². The van der Waals surface area contributed by atoms with Gasteiger partial charge in [-0.2, -0.15) is 0 Å². The molecule has 138 valence electrons. The summed E-state index contributed by atoms with van der Waals surface area (Å²) in [6, 6.07) is 18.5. The third-order valence-electron chi connectivity index (χ3n) is 5.07. The van der Waals surface area contributed by atoms with E-state index in [1.807, 2.05) is 36.5 Å². The first-order chi connectivity index (χ1) is 13.9. The fourth-order valence-corrected chi connectivity index (χ4v) is 3.61. The molecule has 0 amide bonds. The van der Waals surface area contributed by atoms with E-state index in [1.165, 1.54) is 0 Å². The van der Waals surface area contributed by atoms with E-state index < -0.39 is 0 Å². The van der Waals surface area contributed by atoms with Crippen LogP contribution in [0.15, 0.2) is 73.2 Å². The Kier molecular flexibility index (Phi) is 4.29. The van der Waals surface area contributed by atoms with Crippen LogP contribution in [0.4, 0.5) is 11.8 Å². The molecule has 28 heavy (non-hydrogen) atoms. The lowest BCUT2D eigenvalue weighted by atomic mass is 10.1. The van der Waals surface area contributed by atoms with Gasteiger partial charge in [0.15, 0.2) is 0 Å². The van der Waals surface area contributed by atoms with E-state index in [0.29, 0.717) is 0 Å². The second-order valence-corrected chi connectivity index (χ2v) is 6.79. The van der Waals surface area contributed by atoms with Crippen LogP contribution >= 0.6 is 0 Å². The standard InChI is InChI=1S/C22H20N6/c1-2-6-17(7-3-1)21-18-8-4-5-9-19(18)25-22(26-21)28-14-12-27(13-15-28)20-16-23-10-11-24-20/h1-11,16H,12-15H2. The van der Waals surface area contributed by atoms with Gasteiger partial charge in [-0.1, -0.05) is 48.5 Å². The molecular formula is C22H20N6. The van der Waals surface area contributed by atoms with E-state index in [-0.39, 0.29) is 0 Å². The molecule has 2 aromatic carbocycles. The Bertz CT molecular complexity index is 1080. The molecule has 0 radical (unpaired) electrons. The number of rotatable bonds is 3. The Morgan fingerprint density at radius 1 is 0.714 bits per heavy atom. The highest BCUT2D eigenvalue weighted by molar-refractivity contribution is 5.93. The summed E-state index contributed by atoms with van der Waals surface area (Å²) >= 11 is 0. The number of fused-ring (bicyclic) bond motifs is 1. The lowest BCUT2D eigenvalue weighted by Gasteiger charge is -2.35. The third-order valence-corrected chi connectivity index (χ3v) is 5.07. The molecule has 3 heterocycles. The summed E-state index contributed by atoms with van der Waals surface area (Å²) < 4.78 is 0. The predicted molar refractivity (Wildman–Crippen MR) is 111 cm³/mol. The van der Waals surface area contributed by atoms with Crippen molar-refractivity contribution < 1.29 is 0 Å². The summed E-state index contributed by atoms with van der Waals surface area (Å²) in [4.78, 5) is 22.9. The van der Waals surface area contributed by atoms with E-state index in [2.05, 4.69) is 44.0 Å². The molecule has 6 nitrogen and oxygen atoms in total. The van der Waals surface area contributed by atoms with Crippen LogP contribution < -0.4 is 9.80 Å². The third kappa shape index (κ3) is 3.13. The van der Waals surface area contributed by atoms with Gasteiger partial charge in [-0.15, -0.1) is 0 Å². The summed E-state index contributed by atoms with van der Waals surface area (Å²) in [5.41, 5.74) is 3.07. The molecule has 1 aliphatic heterocycles. The molecule has 0 saturated carbocycles. The molecule has 5 rings (SSSR count). The number of hydrogen-bond donors (Lipinski definition) is 0. The highest BCUT2D eigenvalue weighted by Gasteiger charge is 2.21. The average Bonchev–Trinajstić information content (AvgIpc) is 2.79. The van der Waals surface area contributed by atoms with Crippen LogP contribution in [0.2, 0.25) is 0 Å². The Hall–Kier alpha value is -3.54.